The van der Waals surface area contributed by atoms with Gasteiger partial charge in [0.1, 0.15) is 11.6 Å². The number of aromatic hydroxyl groups is 1. The lowest BCUT2D eigenvalue weighted by molar-refractivity contribution is 0.467. The van der Waals surface area contributed by atoms with E-state index in [9.17, 15) is 9.50 Å². The molecule has 5 nitrogen and oxygen atoms in total. The number of benzene rings is 3. The lowest BCUT2D eigenvalue weighted by Gasteiger charge is -2.13. The summed E-state index contributed by atoms with van der Waals surface area (Å²) in [4.78, 5) is 0. The molecule has 0 unspecified atom stereocenters. The Bertz CT molecular complexity index is 1180. The summed E-state index contributed by atoms with van der Waals surface area (Å²) in [6.45, 7) is 4.60. The maximum absolute atomic E-state index is 13.2. The zero-order chi connectivity index (χ0) is 20.4. The highest BCUT2D eigenvalue weighted by molar-refractivity contribution is 5.91. The van der Waals surface area contributed by atoms with Crippen LogP contribution in [-0.2, 0) is 6.54 Å². The molecule has 29 heavy (non-hydrogen) atoms. The van der Waals surface area contributed by atoms with Crippen molar-refractivity contribution in [2.24, 2.45) is 0 Å². The van der Waals surface area contributed by atoms with E-state index in [0.29, 0.717) is 6.54 Å². The first kappa shape index (κ1) is 18.6. The van der Waals surface area contributed by atoms with Gasteiger partial charge in [0.15, 0.2) is 0 Å². The molecule has 1 aromatic heterocycles. The van der Waals surface area contributed by atoms with Gasteiger partial charge in [-0.25, -0.2) is 9.07 Å². The van der Waals surface area contributed by atoms with E-state index >= 15 is 0 Å². The lowest BCUT2D eigenvalue weighted by Crippen LogP contribution is -2.11. The number of phenols is 1. The quantitative estimate of drug-likeness (QED) is 0.449. The summed E-state index contributed by atoms with van der Waals surface area (Å²) in [6.07, 6.45) is 1.78. The molecule has 3 N–H and O–H groups in total. The maximum Gasteiger partial charge on any atom is 0.123 e. The minimum Gasteiger partial charge on any atom is -0.508 e. The van der Waals surface area contributed by atoms with Crippen molar-refractivity contribution in [3.8, 4) is 11.4 Å². The Hall–Kier alpha value is -3.80. The highest BCUT2D eigenvalue weighted by atomic mass is 19.1. The molecule has 1 heterocycles. The van der Waals surface area contributed by atoms with Gasteiger partial charge in [-0.05, 0) is 36.4 Å². The zero-order valence-corrected chi connectivity index (χ0v) is 16.0. The van der Waals surface area contributed by atoms with Gasteiger partial charge in [-0.1, -0.05) is 24.8 Å². The summed E-state index contributed by atoms with van der Waals surface area (Å²) < 4.78 is 15.0. The molecule has 0 atom stereocenters. The van der Waals surface area contributed by atoms with Gasteiger partial charge in [0.05, 0.1) is 17.4 Å². The van der Waals surface area contributed by atoms with Crippen LogP contribution in [0.3, 0.4) is 0 Å². The second-order valence-corrected chi connectivity index (χ2v) is 6.70. The van der Waals surface area contributed by atoms with Gasteiger partial charge < -0.3 is 15.7 Å². The molecule has 6 heteroatoms. The van der Waals surface area contributed by atoms with E-state index in [1.54, 1.807) is 36.1 Å². The van der Waals surface area contributed by atoms with Crippen LogP contribution in [0.1, 0.15) is 11.1 Å². The third-order valence-electron chi connectivity index (χ3n) is 4.88. The standard InChI is InChI=1S/C23H21FN4O/c1-15(26-13-16-6-9-18(25-2)12-23(16)29)20-4-3-5-22-21(20)14-27-28(22)19-10-7-17(24)8-11-19/h3-12,14,25-26,29H,1,13H2,2H3. The summed E-state index contributed by atoms with van der Waals surface area (Å²) in [7, 11) is 1.81. The minimum absolute atomic E-state index is 0.222. The van der Waals surface area contributed by atoms with Gasteiger partial charge in [0.2, 0.25) is 0 Å². The first-order valence-corrected chi connectivity index (χ1v) is 9.22. The van der Waals surface area contributed by atoms with Crippen molar-refractivity contribution in [2.45, 2.75) is 6.54 Å². The first-order chi connectivity index (χ1) is 14.1. The fourth-order valence-electron chi connectivity index (χ4n) is 3.27. The molecule has 0 radical (unpaired) electrons. The van der Waals surface area contributed by atoms with Crippen LogP contribution < -0.4 is 10.6 Å². The molecule has 0 spiro atoms. The number of halogens is 1. The van der Waals surface area contributed by atoms with Crippen LogP contribution in [0, 0.1) is 5.82 Å². The monoisotopic (exact) mass is 388 g/mol. The van der Waals surface area contributed by atoms with E-state index in [4.69, 9.17) is 0 Å². The fraction of sp³-hybridized carbons (Fsp3) is 0.0870. The van der Waals surface area contributed by atoms with E-state index in [1.807, 2.05) is 30.3 Å². The molecule has 0 saturated heterocycles. The predicted molar refractivity (Wildman–Crippen MR) is 115 cm³/mol. The summed E-state index contributed by atoms with van der Waals surface area (Å²) in [5.41, 5.74) is 4.96. The molecule has 0 saturated carbocycles. The third kappa shape index (κ3) is 3.65. The molecular formula is C23H21FN4O. The van der Waals surface area contributed by atoms with Crippen LogP contribution in [0.2, 0.25) is 0 Å². The first-order valence-electron chi connectivity index (χ1n) is 9.22. The van der Waals surface area contributed by atoms with Crippen molar-refractivity contribution >= 4 is 22.3 Å². The minimum atomic E-state index is -0.283. The van der Waals surface area contributed by atoms with Crippen LogP contribution in [0.4, 0.5) is 10.1 Å². The smallest absolute Gasteiger partial charge is 0.123 e. The second kappa shape index (κ2) is 7.67. The van der Waals surface area contributed by atoms with Crippen molar-refractivity contribution in [3.05, 3.63) is 90.4 Å². The number of hydrogen-bond donors (Lipinski definition) is 3. The molecule has 146 valence electrons. The highest BCUT2D eigenvalue weighted by Crippen LogP contribution is 2.26. The number of anilines is 1. The molecule has 0 amide bonds. The average Bonchev–Trinajstić information content (AvgIpc) is 3.17. The van der Waals surface area contributed by atoms with Crippen molar-refractivity contribution in [1.29, 1.82) is 0 Å². The molecule has 0 bridgehead atoms. The molecule has 0 aliphatic rings. The van der Waals surface area contributed by atoms with Gasteiger partial charge in [0.25, 0.3) is 0 Å². The van der Waals surface area contributed by atoms with E-state index in [0.717, 1.165) is 39.1 Å². The van der Waals surface area contributed by atoms with Crippen molar-refractivity contribution in [1.82, 2.24) is 15.1 Å². The topological polar surface area (TPSA) is 62.1 Å². The van der Waals surface area contributed by atoms with Crippen LogP contribution in [0.5, 0.6) is 5.75 Å². The van der Waals surface area contributed by atoms with Gasteiger partial charge in [-0.15, -0.1) is 0 Å². The normalized spacial score (nSPS) is 10.8. The van der Waals surface area contributed by atoms with E-state index in [-0.39, 0.29) is 11.6 Å². The Morgan fingerprint density at radius 2 is 1.93 bits per heavy atom. The van der Waals surface area contributed by atoms with Gasteiger partial charge in [0, 0.05) is 47.6 Å². The maximum atomic E-state index is 13.2. The van der Waals surface area contributed by atoms with Crippen LogP contribution in [0.15, 0.2) is 73.4 Å². The van der Waals surface area contributed by atoms with Crippen LogP contribution in [-0.4, -0.2) is 21.9 Å². The lowest BCUT2D eigenvalue weighted by atomic mass is 10.1. The second-order valence-electron chi connectivity index (χ2n) is 6.70. The summed E-state index contributed by atoms with van der Waals surface area (Å²) >= 11 is 0. The number of aromatic nitrogens is 2. The molecule has 0 aliphatic heterocycles. The molecule has 0 fully saturated rings. The van der Waals surface area contributed by atoms with E-state index in [1.165, 1.54) is 12.1 Å². The van der Waals surface area contributed by atoms with Crippen molar-refractivity contribution < 1.29 is 9.50 Å². The van der Waals surface area contributed by atoms with Crippen LogP contribution in [0.25, 0.3) is 22.3 Å². The van der Waals surface area contributed by atoms with Gasteiger partial charge in [-0.2, -0.15) is 5.10 Å². The van der Waals surface area contributed by atoms with Crippen molar-refractivity contribution in [3.63, 3.8) is 0 Å². The Kier molecular flexibility index (Phi) is 4.91. The fourth-order valence-corrected chi connectivity index (χ4v) is 3.27. The van der Waals surface area contributed by atoms with Crippen molar-refractivity contribution in [2.75, 3.05) is 12.4 Å². The number of fused-ring (bicyclic) bond motifs is 1. The number of nitrogens with zero attached hydrogens (tertiary/aromatic N) is 2. The molecule has 3 aromatic carbocycles. The average molecular weight is 388 g/mol. The van der Waals surface area contributed by atoms with Crippen LogP contribution >= 0.6 is 0 Å². The molecule has 0 aliphatic carbocycles. The van der Waals surface area contributed by atoms with E-state index in [2.05, 4.69) is 22.3 Å². The zero-order valence-electron chi connectivity index (χ0n) is 16.0. The largest absolute Gasteiger partial charge is 0.508 e. The third-order valence-corrected chi connectivity index (χ3v) is 4.88. The number of phenolic OH excluding ortho intramolecular Hbond substituents is 1. The molecular weight excluding hydrogens is 367 g/mol. The number of hydrogen-bond acceptors (Lipinski definition) is 4. The summed E-state index contributed by atoms with van der Waals surface area (Å²) in [6, 6.07) is 17.6. The van der Waals surface area contributed by atoms with E-state index < -0.39 is 0 Å². The summed E-state index contributed by atoms with van der Waals surface area (Å²) in [5, 5.41) is 21.9. The van der Waals surface area contributed by atoms with Gasteiger partial charge >= 0.3 is 0 Å². The highest BCUT2D eigenvalue weighted by Gasteiger charge is 2.11. The Morgan fingerprint density at radius 1 is 1.14 bits per heavy atom. The van der Waals surface area contributed by atoms with Gasteiger partial charge in [-0.3, -0.25) is 0 Å². The molecule has 4 aromatic rings. The SMILES string of the molecule is C=C(NCc1ccc(NC)cc1O)c1cccc2c1cnn2-c1ccc(F)cc1. The Balaban J connectivity index is 1.59. The Labute approximate surface area is 168 Å². The summed E-state index contributed by atoms with van der Waals surface area (Å²) in [5.74, 6) is -0.0611. The predicted octanol–water partition coefficient (Wildman–Crippen LogP) is 4.67. The Morgan fingerprint density at radius 3 is 2.66 bits per heavy atom. The molecule has 4 rings (SSSR count). The number of nitrogens with one attached hydrogen (secondary N) is 2. The number of rotatable bonds is 6.